The number of fused-ring (bicyclic) bond motifs is 1. The fourth-order valence-electron chi connectivity index (χ4n) is 2.85. The second kappa shape index (κ2) is 7.10. The number of ether oxygens (including phenoxy) is 1. The van der Waals surface area contributed by atoms with E-state index in [-0.39, 0.29) is 22.3 Å². The topological polar surface area (TPSA) is 95.3 Å². The number of aromatic nitrogens is 1. The zero-order chi connectivity index (χ0) is 19.7. The van der Waals surface area contributed by atoms with Gasteiger partial charge >= 0.3 is 0 Å². The van der Waals surface area contributed by atoms with Crippen molar-refractivity contribution in [2.45, 2.75) is 4.90 Å². The lowest BCUT2D eigenvalue weighted by molar-refractivity contribution is 0.312. The van der Waals surface area contributed by atoms with Crippen LogP contribution in [0, 0.1) is 17.1 Å². The third-order valence-electron chi connectivity index (χ3n) is 4.12. The molecule has 1 aliphatic heterocycles. The van der Waals surface area contributed by atoms with Gasteiger partial charge in [0.05, 0.1) is 34.4 Å². The van der Waals surface area contributed by atoms with Crippen molar-refractivity contribution in [3.05, 3.63) is 59.4 Å². The molecule has 10 heteroatoms. The molecule has 0 fully saturated rings. The van der Waals surface area contributed by atoms with Gasteiger partial charge in [-0.1, -0.05) is 0 Å². The van der Waals surface area contributed by atoms with Gasteiger partial charge in [-0.25, -0.2) is 17.8 Å². The molecule has 0 spiro atoms. The van der Waals surface area contributed by atoms with Crippen LogP contribution in [0.5, 0.6) is 5.75 Å². The minimum Gasteiger partial charge on any atom is -0.489 e. The van der Waals surface area contributed by atoms with Gasteiger partial charge < -0.3 is 9.64 Å². The Hall–Kier alpha value is -3.16. The van der Waals surface area contributed by atoms with Crippen LogP contribution in [0.25, 0.3) is 0 Å². The van der Waals surface area contributed by atoms with E-state index in [2.05, 4.69) is 9.71 Å². The van der Waals surface area contributed by atoms with Crippen molar-refractivity contribution in [2.75, 3.05) is 22.8 Å². The smallest absolute Gasteiger partial charge is 0.263 e. The predicted molar refractivity (Wildman–Crippen MR) is 103 cm³/mol. The van der Waals surface area contributed by atoms with Crippen LogP contribution < -0.4 is 14.4 Å². The summed E-state index contributed by atoms with van der Waals surface area (Å²) in [7, 11) is -3.84. The van der Waals surface area contributed by atoms with Crippen LogP contribution in [-0.2, 0) is 10.0 Å². The molecule has 0 saturated carbocycles. The largest absolute Gasteiger partial charge is 0.489 e. The molecule has 7 nitrogen and oxygen atoms in total. The first-order valence-electron chi connectivity index (χ1n) is 8.14. The highest BCUT2D eigenvalue weighted by atomic mass is 32.2. The molecular weight excluding hydrogens is 403 g/mol. The molecule has 2 heterocycles. The molecule has 1 aliphatic rings. The van der Waals surface area contributed by atoms with Gasteiger partial charge in [0.1, 0.15) is 18.2 Å². The number of anilines is 3. The number of hydrogen-bond donors (Lipinski definition) is 1. The minimum absolute atomic E-state index is 0.00884. The van der Waals surface area contributed by atoms with Gasteiger partial charge in [0, 0.05) is 17.6 Å². The number of nitriles is 1. The molecular formula is C18H13FN4O3S2. The molecule has 4 rings (SSSR count). The highest BCUT2D eigenvalue weighted by molar-refractivity contribution is 7.93. The van der Waals surface area contributed by atoms with E-state index in [0.29, 0.717) is 23.5 Å². The van der Waals surface area contributed by atoms with Crippen molar-refractivity contribution >= 4 is 37.9 Å². The van der Waals surface area contributed by atoms with Crippen LogP contribution in [0.2, 0.25) is 0 Å². The molecule has 0 saturated heterocycles. The van der Waals surface area contributed by atoms with E-state index in [1.807, 2.05) is 6.07 Å². The number of hydrogen-bond acceptors (Lipinski definition) is 7. The number of nitrogens with zero attached hydrogens (tertiary/aromatic N) is 3. The summed E-state index contributed by atoms with van der Waals surface area (Å²) in [6.07, 6.45) is 1.50. The summed E-state index contributed by atoms with van der Waals surface area (Å²) in [6.45, 7) is 0.606. The van der Waals surface area contributed by atoms with E-state index in [4.69, 9.17) is 10.00 Å². The molecule has 142 valence electrons. The lowest BCUT2D eigenvalue weighted by atomic mass is 10.1. The Kier molecular flexibility index (Phi) is 4.62. The van der Waals surface area contributed by atoms with Crippen molar-refractivity contribution < 1.29 is 17.5 Å². The Labute approximate surface area is 164 Å². The van der Waals surface area contributed by atoms with E-state index >= 15 is 0 Å². The zero-order valence-electron chi connectivity index (χ0n) is 14.3. The Morgan fingerprint density at radius 1 is 1.25 bits per heavy atom. The maximum atomic E-state index is 14.4. The maximum absolute atomic E-state index is 14.4. The van der Waals surface area contributed by atoms with Crippen LogP contribution in [0.15, 0.2) is 52.9 Å². The Balaban J connectivity index is 1.71. The average molecular weight is 416 g/mol. The highest BCUT2D eigenvalue weighted by Gasteiger charge is 2.25. The van der Waals surface area contributed by atoms with Gasteiger partial charge in [0.25, 0.3) is 10.0 Å². The van der Waals surface area contributed by atoms with Gasteiger partial charge in [-0.2, -0.15) is 5.26 Å². The van der Waals surface area contributed by atoms with Crippen LogP contribution in [-0.4, -0.2) is 26.6 Å². The van der Waals surface area contributed by atoms with E-state index < -0.39 is 15.8 Å². The van der Waals surface area contributed by atoms with E-state index in [9.17, 15) is 12.8 Å². The normalized spacial score (nSPS) is 13.4. The van der Waals surface area contributed by atoms with Crippen molar-refractivity contribution in [3.63, 3.8) is 0 Å². The summed E-state index contributed by atoms with van der Waals surface area (Å²) in [5, 5.41) is 11.0. The SMILES string of the molecule is N#Cc1ccc(F)c(N2CCOc3cc(S(=O)(=O)Nc4nccs4)ccc32)c1. The number of rotatable bonds is 4. The molecule has 2 aromatic carbocycles. The predicted octanol–water partition coefficient (Wildman–Crippen LogP) is 3.49. The summed E-state index contributed by atoms with van der Waals surface area (Å²) < 4.78 is 47.5. The second-order valence-corrected chi connectivity index (χ2v) is 8.43. The van der Waals surface area contributed by atoms with E-state index in [1.165, 1.54) is 47.9 Å². The summed E-state index contributed by atoms with van der Waals surface area (Å²) in [5.41, 5.74) is 1.09. The number of halogens is 1. The summed E-state index contributed by atoms with van der Waals surface area (Å²) >= 11 is 1.17. The first-order valence-corrected chi connectivity index (χ1v) is 10.5. The number of nitrogens with one attached hydrogen (secondary N) is 1. The van der Waals surface area contributed by atoms with Gasteiger partial charge in [0.2, 0.25) is 0 Å². The second-order valence-electron chi connectivity index (χ2n) is 5.85. The highest BCUT2D eigenvalue weighted by Crippen LogP contribution is 2.39. The maximum Gasteiger partial charge on any atom is 0.263 e. The molecule has 0 radical (unpaired) electrons. The van der Waals surface area contributed by atoms with Crippen molar-refractivity contribution in [2.24, 2.45) is 0 Å². The third-order valence-corrected chi connectivity index (χ3v) is 6.28. The monoisotopic (exact) mass is 416 g/mol. The van der Waals surface area contributed by atoms with Gasteiger partial charge in [-0.05, 0) is 30.3 Å². The van der Waals surface area contributed by atoms with Crippen molar-refractivity contribution in [1.82, 2.24) is 4.98 Å². The fourth-order valence-corrected chi connectivity index (χ4v) is 4.66. The molecule has 0 bridgehead atoms. The Morgan fingerprint density at radius 3 is 2.86 bits per heavy atom. The number of thiazole rings is 1. The van der Waals surface area contributed by atoms with E-state index in [0.717, 1.165) is 0 Å². The lowest BCUT2D eigenvalue weighted by Gasteiger charge is -2.31. The fraction of sp³-hybridized carbons (Fsp3) is 0.111. The molecule has 28 heavy (non-hydrogen) atoms. The molecule has 0 amide bonds. The first kappa shape index (κ1) is 18.2. The number of benzene rings is 2. The number of sulfonamides is 1. The summed E-state index contributed by atoms with van der Waals surface area (Å²) in [4.78, 5) is 5.59. The van der Waals surface area contributed by atoms with Gasteiger partial charge in [-0.15, -0.1) is 11.3 Å². The van der Waals surface area contributed by atoms with Crippen molar-refractivity contribution in [3.8, 4) is 11.8 Å². The van der Waals surface area contributed by atoms with Crippen LogP contribution in [0.4, 0.5) is 20.9 Å². The molecule has 1 N–H and O–H groups in total. The minimum atomic E-state index is -3.84. The quantitative estimate of drug-likeness (QED) is 0.700. The molecule has 0 aliphatic carbocycles. The van der Waals surface area contributed by atoms with Crippen LogP contribution in [0.1, 0.15) is 5.56 Å². The van der Waals surface area contributed by atoms with Gasteiger partial charge in [0.15, 0.2) is 5.13 Å². The summed E-state index contributed by atoms with van der Waals surface area (Å²) in [6, 6.07) is 10.5. The first-order chi connectivity index (χ1) is 13.5. The van der Waals surface area contributed by atoms with E-state index in [1.54, 1.807) is 16.3 Å². The van der Waals surface area contributed by atoms with Crippen LogP contribution >= 0.6 is 11.3 Å². The Morgan fingerprint density at radius 2 is 2.11 bits per heavy atom. The third kappa shape index (κ3) is 3.37. The van der Waals surface area contributed by atoms with Crippen LogP contribution in [0.3, 0.4) is 0 Å². The molecule has 1 aromatic heterocycles. The average Bonchev–Trinajstić information content (AvgIpc) is 3.20. The molecule has 0 unspecified atom stereocenters. The lowest BCUT2D eigenvalue weighted by Crippen LogP contribution is -2.29. The standard InChI is InChI=1S/C18H13FN4O3S2/c19-14-3-1-12(11-20)9-16(14)23-6-7-26-17-10-13(2-4-15(17)23)28(24,25)22-18-21-5-8-27-18/h1-5,8-10H,6-7H2,(H,21,22). The van der Waals surface area contributed by atoms with Crippen molar-refractivity contribution in [1.29, 1.82) is 5.26 Å². The van der Waals surface area contributed by atoms with Gasteiger partial charge in [-0.3, -0.25) is 4.72 Å². The Bertz CT molecular complexity index is 1170. The summed E-state index contributed by atoms with van der Waals surface area (Å²) in [5.74, 6) is -0.163. The molecule has 0 atom stereocenters. The molecule has 3 aromatic rings. The zero-order valence-corrected chi connectivity index (χ0v) is 15.9.